The number of nitrogens with zero attached hydrogens (tertiary/aromatic N) is 2. The summed E-state index contributed by atoms with van der Waals surface area (Å²) in [6.45, 7) is 8.40. The molecule has 3 nitrogen and oxygen atoms in total. The molecule has 1 aromatic heterocycles. The highest BCUT2D eigenvalue weighted by Crippen LogP contribution is 2.40. The van der Waals surface area contributed by atoms with E-state index in [-0.39, 0.29) is 6.04 Å². The van der Waals surface area contributed by atoms with Crippen LogP contribution in [0.15, 0.2) is 6.20 Å². The van der Waals surface area contributed by atoms with Gasteiger partial charge in [0.25, 0.3) is 0 Å². The molecule has 1 N–H and O–H groups in total. The minimum Gasteiger partial charge on any atom is -0.308 e. The van der Waals surface area contributed by atoms with Crippen molar-refractivity contribution in [3.05, 3.63) is 16.9 Å². The van der Waals surface area contributed by atoms with Crippen molar-refractivity contribution < 1.29 is 0 Å². The van der Waals surface area contributed by atoms with Gasteiger partial charge < -0.3 is 5.32 Å². The Kier molecular flexibility index (Phi) is 5.93. The van der Waals surface area contributed by atoms with Crippen LogP contribution >= 0.6 is 35.1 Å². The Morgan fingerprint density at radius 1 is 1.47 bits per heavy atom. The SMILES string of the molecule is CCNC(c1c(Cl)cnn1CC)C1SCCSC1C. The molecule has 0 aliphatic carbocycles. The van der Waals surface area contributed by atoms with Crippen molar-refractivity contribution in [1.29, 1.82) is 0 Å². The maximum Gasteiger partial charge on any atom is 0.0834 e. The monoisotopic (exact) mass is 319 g/mol. The van der Waals surface area contributed by atoms with Crippen LogP contribution in [0.1, 0.15) is 32.5 Å². The number of hydrogen-bond donors (Lipinski definition) is 1. The Bertz CT molecular complexity index is 411. The zero-order valence-electron chi connectivity index (χ0n) is 11.7. The molecule has 1 saturated heterocycles. The van der Waals surface area contributed by atoms with Crippen LogP contribution in [0.2, 0.25) is 5.02 Å². The third kappa shape index (κ3) is 3.43. The molecule has 0 saturated carbocycles. The summed E-state index contributed by atoms with van der Waals surface area (Å²) >= 11 is 10.5. The van der Waals surface area contributed by atoms with Crippen molar-refractivity contribution in [2.75, 3.05) is 18.1 Å². The summed E-state index contributed by atoms with van der Waals surface area (Å²) in [7, 11) is 0. The molecule has 0 spiro atoms. The molecule has 3 unspecified atom stereocenters. The van der Waals surface area contributed by atoms with E-state index in [1.807, 2.05) is 4.68 Å². The maximum atomic E-state index is 6.38. The lowest BCUT2D eigenvalue weighted by atomic mass is 10.1. The Morgan fingerprint density at radius 2 is 2.21 bits per heavy atom. The lowest BCUT2D eigenvalue weighted by Crippen LogP contribution is -2.39. The molecule has 6 heteroatoms. The number of thioether (sulfide) groups is 2. The largest absolute Gasteiger partial charge is 0.308 e. The normalized spacial score (nSPS) is 25.5. The van der Waals surface area contributed by atoms with Crippen LogP contribution in [0, 0.1) is 0 Å². The summed E-state index contributed by atoms with van der Waals surface area (Å²) in [6.07, 6.45) is 1.77. The third-order valence-electron chi connectivity index (χ3n) is 3.42. The lowest BCUT2D eigenvalue weighted by Gasteiger charge is -2.35. The molecule has 2 rings (SSSR count). The van der Waals surface area contributed by atoms with E-state index in [0.29, 0.717) is 10.5 Å². The quantitative estimate of drug-likeness (QED) is 0.900. The first kappa shape index (κ1) is 15.5. The first-order valence-electron chi connectivity index (χ1n) is 6.86. The molecule has 0 radical (unpaired) electrons. The van der Waals surface area contributed by atoms with Crippen LogP contribution in [0.25, 0.3) is 0 Å². The number of rotatable bonds is 5. The average molecular weight is 320 g/mol. The van der Waals surface area contributed by atoms with E-state index in [9.17, 15) is 0 Å². The van der Waals surface area contributed by atoms with Gasteiger partial charge in [-0.15, -0.1) is 0 Å². The maximum absolute atomic E-state index is 6.38. The standard InChI is InChI=1S/C13H22ClN3S2/c1-4-15-11(13-9(3)18-6-7-19-13)12-10(14)8-16-17(12)5-2/h8-9,11,13,15H,4-7H2,1-3H3. The number of halogens is 1. The van der Waals surface area contributed by atoms with Crippen molar-refractivity contribution in [1.82, 2.24) is 15.1 Å². The molecular formula is C13H22ClN3S2. The lowest BCUT2D eigenvalue weighted by molar-refractivity contribution is 0.475. The second-order valence-electron chi connectivity index (χ2n) is 4.64. The molecular weight excluding hydrogens is 298 g/mol. The van der Waals surface area contributed by atoms with Gasteiger partial charge in [-0.2, -0.15) is 28.6 Å². The Labute approximate surface area is 129 Å². The predicted octanol–water partition coefficient (Wildman–Crippen LogP) is 3.44. The van der Waals surface area contributed by atoms with E-state index in [2.05, 4.69) is 54.7 Å². The number of aryl methyl sites for hydroxylation is 1. The first-order chi connectivity index (χ1) is 9.19. The van der Waals surface area contributed by atoms with Gasteiger partial charge in [0.15, 0.2) is 0 Å². The van der Waals surface area contributed by atoms with Gasteiger partial charge in [0, 0.05) is 28.6 Å². The molecule has 1 aliphatic rings. The number of hydrogen-bond acceptors (Lipinski definition) is 4. The smallest absolute Gasteiger partial charge is 0.0834 e. The summed E-state index contributed by atoms with van der Waals surface area (Å²) in [5.41, 5.74) is 1.15. The summed E-state index contributed by atoms with van der Waals surface area (Å²) < 4.78 is 2.03. The highest BCUT2D eigenvalue weighted by atomic mass is 35.5. The van der Waals surface area contributed by atoms with Crippen molar-refractivity contribution in [3.63, 3.8) is 0 Å². The topological polar surface area (TPSA) is 29.9 Å². The van der Waals surface area contributed by atoms with E-state index in [0.717, 1.165) is 23.8 Å². The molecule has 1 fully saturated rings. The summed E-state index contributed by atoms with van der Waals surface area (Å²) in [4.78, 5) is 0. The van der Waals surface area contributed by atoms with E-state index in [1.165, 1.54) is 11.5 Å². The van der Waals surface area contributed by atoms with Crippen molar-refractivity contribution in [2.45, 2.75) is 43.9 Å². The fourth-order valence-electron chi connectivity index (χ4n) is 2.54. The highest BCUT2D eigenvalue weighted by Gasteiger charge is 2.34. The van der Waals surface area contributed by atoms with Crippen molar-refractivity contribution in [3.8, 4) is 0 Å². The van der Waals surface area contributed by atoms with Crippen LogP contribution in [-0.2, 0) is 6.54 Å². The van der Waals surface area contributed by atoms with E-state index in [4.69, 9.17) is 11.6 Å². The molecule has 0 amide bonds. The van der Waals surface area contributed by atoms with Crippen LogP contribution in [-0.4, -0.2) is 38.3 Å². The molecule has 0 bridgehead atoms. The predicted molar refractivity (Wildman–Crippen MR) is 87.5 cm³/mol. The van der Waals surface area contributed by atoms with Crippen molar-refractivity contribution in [2.24, 2.45) is 0 Å². The second kappa shape index (κ2) is 7.25. The van der Waals surface area contributed by atoms with Crippen molar-refractivity contribution >= 4 is 35.1 Å². The molecule has 2 heterocycles. The van der Waals surface area contributed by atoms with E-state index in [1.54, 1.807) is 6.20 Å². The van der Waals surface area contributed by atoms with Gasteiger partial charge in [0.1, 0.15) is 0 Å². The molecule has 19 heavy (non-hydrogen) atoms. The molecule has 3 atom stereocenters. The van der Waals surface area contributed by atoms with Gasteiger partial charge in [-0.05, 0) is 13.5 Å². The molecule has 0 aromatic carbocycles. The van der Waals surface area contributed by atoms with Crippen LogP contribution in [0.5, 0.6) is 0 Å². The van der Waals surface area contributed by atoms with Gasteiger partial charge in [-0.3, -0.25) is 4.68 Å². The van der Waals surface area contributed by atoms with Gasteiger partial charge in [0.2, 0.25) is 0 Å². The van der Waals surface area contributed by atoms with Crippen LogP contribution in [0.4, 0.5) is 0 Å². The number of aromatic nitrogens is 2. The zero-order valence-corrected chi connectivity index (χ0v) is 14.1. The average Bonchev–Trinajstić information content (AvgIpc) is 2.78. The summed E-state index contributed by atoms with van der Waals surface area (Å²) in [5, 5.41) is 9.99. The van der Waals surface area contributed by atoms with Gasteiger partial charge in [-0.1, -0.05) is 25.4 Å². The fraction of sp³-hybridized carbons (Fsp3) is 0.769. The van der Waals surface area contributed by atoms with E-state index < -0.39 is 0 Å². The Balaban J connectivity index is 2.30. The number of nitrogens with one attached hydrogen (secondary N) is 1. The van der Waals surface area contributed by atoms with Crippen LogP contribution in [0.3, 0.4) is 0 Å². The van der Waals surface area contributed by atoms with E-state index >= 15 is 0 Å². The summed E-state index contributed by atoms with van der Waals surface area (Å²) in [6, 6.07) is 0.285. The minimum absolute atomic E-state index is 0.285. The molecule has 108 valence electrons. The third-order valence-corrected chi connectivity index (χ3v) is 6.90. The Hall–Kier alpha value is 0.160. The van der Waals surface area contributed by atoms with Crippen LogP contribution < -0.4 is 5.32 Å². The second-order valence-corrected chi connectivity index (χ2v) is 7.82. The first-order valence-corrected chi connectivity index (χ1v) is 9.34. The van der Waals surface area contributed by atoms with Gasteiger partial charge in [0.05, 0.1) is 23.0 Å². The van der Waals surface area contributed by atoms with Gasteiger partial charge >= 0.3 is 0 Å². The highest BCUT2D eigenvalue weighted by molar-refractivity contribution is 8.07. The molecule has 1 aromatic rings. The minimum atomic E-state index is 0.285. The molecule has 1 aliphatic heterocycles. The Morgan fingerprint density at radius 3 is 2.84 bits per heavy atom. The zero-order chi connectivity index (χ0) is 13.8. The summed E-state index contributed by atoms with van der Waals surface area (Å²) in [5.74, 6) is 2.47. The van der Waals surface area contributed by atoms with Gasteiger partial charge in [-0.25, -0.2) is 0 Å². The fourth-order valence-corrected chi connectivity index (χ4v) is 5.72.